The number of hydrogen-bond donors (Lipinski definition) is 2. The quantitative estimate of drug-likeness (QED) is 0.838. The second kappa shape index (κ2) is 6.32. The van der Waals surface area contributed by atoms with Crippen LogP contribution in [-0.4, -0.2) is 48.8 Å². The van der Waals surface area contributed by atoms with Crippen molar-refractivity contribution in [2.75, 3.05) is 32.7 Å². The van der Waals surface area contributed by atoms with E-state index in [0.29, 0.717) is 0 Å². The monoisotopic (exact) mass is 248 g/mol. The Balaban J connectivity index is 1.85. The highest BCUT2D eigenvalue weighted by Gasteiger charge is 2.14. The molecule has 3 heteroatoms. The Labute approximate surface area is 110 Å². The molecule has 1 saturated heterocycles. The van der Waals surface area contributed by atoms with E-state index >= 15 is 0 Å². The summed E-state index contributed by atoms with van der Waals surface area (Å²) in [5, 5.41) is 13.5. The summed E-state index contributed by atoms with van der Waals surface area (Å²) in [7, 11) is 0. The van der Waals surface area contributed by atoms with Gasteiger partial charge in [-0.3, -0.25) is 4.90 Å². The van der Waals surface area contributed by atoms with Crippen molar-refractivity contribution in [3.8, 4) is 0 Å². The smallest absolute Gasteiger partial charge is 0.0707 e. The lowest BCUT2D eigenvalue weighted by molar-refractivity contribution is 0.105. The lowest BCUT2D eigenvalue weighted by atomic mass is 10.0. The standard InChI is InChI=1S/C15H24N2O/c1-12-3-4-14(9-13(12)2)10-15(18)11-17-7-5-16-6-8-17/h3-4,9,15-16,18H,5-8,10-11H2,1-2H3. The van der Waals surface area contributed by atoms with Gasteiger partial charge in [-0.1, -0.05) is 18.2 Å². The summed E-state index contributed by atoms with van der Waals surface area (Å²) in [6.07, 6.45) is 0.496. The normalized spacial score (nSPS) is 18.8. The van der Waals surface area contributed by atoms with Crippen molar-refractivity contribution < 1.29 is 5.11 Å². The van der Waals surface area contributed by atoms with Crippen molar-refractivity contribution in [3.05, 3.63) is 34.9 Å². The van der Waals surface area contributed by atoms with Crippen LogP contribution in [0.2, 0.25) is 0 Å². The van der Waals surface area contributed by atoms with Crippen molar-refractivity contribution in [1.82, 2.24) is 10.2 Å². The fourth-order valence-electron chi connectivity index (χ4n) is 2.46. The van der Waals surface area contributed by atoms with Gasteiger partial charge in [-0.25, -0.2) is 0 Å². The number of aliphatic hydroxyl groups is 1. The molecule has 2 rings (SSSR count). The molecule has 1 aromatic rings. The molecular formula is C15H24N2O. The van der Waals surface area contributed by atoms with Crippen LogP contribution in [0.1, 0.15) is 16.7 Å². The van der Waals surface area contributed by atoms with Crippen molar-refractivity contribution in [2.24, 2.45) is 0 Å². The number of β-amino-alcohol motifs (C(OH)–C–C–N with tert-alkyl or cyclic N) is 1. The van der Waals surface area contributed by atoms with Crippen molar-refractivity contribution in [1.29, 1.82) is 0 Å². The molecule has 0 aromatic heterocycles. The number of nitrogens with one attached hydrogen (secondary N) is 1. The van der Waals surface area contributed by atoms with E-state index in [4.69, 9.17) is 0 Å². The Morgan fingerprint density at radius 3 is 2.61 bits per heavy atom. The minimum absolute atomic E-state index is 0.259. The molecular weight excluding hydrogens is 224 g/mol. The van der Waals surface area contributed by atoms with E-state index in [9.17, 15) is 5.11 Å². The average Bonchev–Trinajstić information content (AvgIpc) is 2.35. The number of benzene rings is 1. The number of piperazine rings is 1. The van der Waals surface area contributed by atoms with Gasteiger partial charge in [0.2, 0.25) is 0 Å². The Morgan fingerprint density at radius 1 is 1.22 bits per heavy atom. The topological polar surface area (TPSA) is 35.5 Å². The zero-order chi connectivity index (χ0) is 13.0. The highest BCUT2D eigenvalue weighted by atomic mass is 16.3. The number of aliphatic hydroxyl groups excluding tert-OH is 1. The van der Waals surface area contributed by atoms with Crippen molar-refractivity contribution in [3.63, 3.8) is 0 Å². The molecule has 18 heavy (non-hydrogen) atoms. The number of rotatable bonds is 4. The van der Waals surface area contributed by atoms with E-state index < -0.39 is 0 Å². The molecule has 1 unspecified atom stereocenters. The molecule has 0 saturated carbocycles. The van der Waals surface area contributed by atoms with Gasteiger partial charge in [-0.15, -0.1) is 0 Å². The predicted octanol–water partition coefficient (Wildman–Crippen LogP) is 1.11. The third-order valence-electron chi connectivity index (χ3n) is 3.72. The Kier molecular flexibility index (Phi) is 4.75. The third kappa shape index (κ3) is 3.80. The van der Waals surface area contributed by atoms with Gasteiger partial charge in [0.05, 0.1) is 6.10 Å². The molecule has 2 N–H and O–H groups in total. The minimum atomic E-state index is -0.259. The van der Waals surface area contributed by atoms with Crippen molar-refractivity contribution >= 4 is 0 Å². The Morgan fingerprint density at radius 2 is 1.94 bits per heavy atom. The summed E-state index contributed by atoms with van der Waals surface area (Å²) < 4.78 is 0. The second-order valence-corrected chi connectivity index (χ2v) is 5.33. The molecule has 1 atom stereocenters. The molecule has 1 aliphatic rings. The van der Waals surface area contributed by atoms with E-state index in [1.54, 1.807) is 0 Å². The maximum Gasteiger partial charge on any atom is 0.0707 e. The summed E-state index contributed by atoms with van der Waals surface area (Å²) >= 11 is 0. The van der Waals surface area contributed by atoms with E-state index in [0.717, 1.165) is 39.1 Å². The minimum Gasteiger partial charge on any atom is -0.391 e. The first kappa shape index (κ1) is 13.5. The third-order valence-corrected chi connectivity index (χ3v) is 3.72. The maximum absolute atomic E-state index is 10.2. The van der Waals surface area contributed by atoms with Crippen LogP contribution < -0.4 is 5.32 Å². The largest absolute Gasteiger partial charge is 0.391 e. The Hall–Kier alpha value is -0.900. The van der Waals surface area contributed by atoms with E-state index in [2.05, 4.69) is 42.3 Å². The lowest BCUT2D eigenvalue weighted by Gasteiger charge is -2.29. The van der Waals surface area contributed by atoms with Crippen molar-refractivity contribution in [2.45, 2.75) is 26.4 Å². The van der Waals surface area contributed by atoms with Gasteiger partial charge in [0.25, 0.3) is 0 Å². The second-order valence-electron chi connectivity index (χ2n) is 5.33. The highest BCUT2D eigenvalue weighted by Crippen LogP contribution is 2.12. The molecule has 0 radical (unpaired) electrons. The van der Waals surface area contributed by atoms with Gasteiger partial charge in [0.15, 0.2) is 0 Å². The first-order valence-electron chi connectivity index (χ1n) is 6.82. The fourth-order valence-corrected chi connectivity index (χ4v) is 2.46. The zero-order valence-corrected chi connectivity index (χ0v) is 11.4. The van der Waals surface area contributed by atoms with Crippen LogP contribution in [0.15, 0.2) is 18.2 Å². The summed E-state index contributed by atoms with van der Waals surface area (Å²) in [5.41, 5.74) is 3.86. The van der Waals surface area contributed by atoms with E-state index in [1.807, 2.05) is 0 Å². The molecule has 0 aliphatic carbocycles. The van der Waals surface area contributed by atoms with Gasteiger partial charge in [0, 0.05) is 32.7 Å². The number of hydrogen-bond acceptors (Lipinski definition) is 3. The van der Waals surface area contributed by atoms with E-state index in [-0.39, 0.29) is 6.10 Å². The molecule has 0 amide bonds. The number of nitrogens with zero attached hydrogens (tertiary/aromatic N) is 1. The van der Waals surface area contributed by atoms with Crippen LogP contribution in [-0.2, 0) is 6.42 Å². The lowest BCUT2D eigenvalue weighted by Crippen LogP contribution is -2.46. The van der Waals surface area contributed by atoms with Gasteiger partial charge < -0.3 is 10.4 Å². The first-order valence-corrected chi connectivity index (χ1v) is 6.82. The molecule has 0 spiro atoms. The van der Waals surface area contributed by atoms with Crippen LogP contribution >= 0.6 is 0 Å². The highest BCUT2D eigenvalue weighted by molar-refractivity contribution is 5.30. The molecule has 1 heterocycles. The summed E-state index contributed by atoms with van der Waals surface area (Å²) in [5.74, 6) is 0. The molecule has 1 aliphatic heterocycles. The predicted molar refractivity (Wildman–Crippen MR) is 74.9 cm³/mol. The molecule has 1 fully saturated rings. The Bertz CT molecular complexity index is 386. The fraction of sp³-hybridized carbons (Fsp3) is 0.600. The van der Waals surface area contributed by atoms with Crippen LogP contribution in [0.5, 0.6) is 0 Å². The first-order chi connectivity index (χ1) is 8.65. The van der Waals surface area contributed by atoms with Gasteiger partial charge >= 0.3 is 0 Å². The molecule has 0 bridgehead atoms. The van der Waals surface area contributed by atoms with Gasteiger partial charge in [-0.05, 0) is 37.0 Å². The van der Waals surface area contributed by atoms with Crippen LogP contribution in [0.4, 0.5) is 0 Å². The van der Waals surface area contributed by atoms with E-state index in [1.165, 1.54) is 16.7 Å². The maximum atomic E-state index is 10.2. The van der Waals surface area contributed by atoms with Gasteiger partial charge in [0.1, 0.15) is 0 Å². The molecule has 3 nitrogen and oxygen atoms in total. The van der Waals surface area contributed by atoms with Crippen LogP contribution in [0.3, 0.4) is 0 Å². The zero-order valence-electron chi connectivity index (χ0n) is 11.4. The van der Waals surface area contributed by atoms with Crippen LogP contribution in [0.25, 0.3) is 0 Å². The summed E-state index contributed by atoms with van der Waals surface area (Å²) in [6.45, 7) is 9.20. The molecule has 1 aromatic carbocycles. The molecule has 100 valence electrons. The average molecular weight is 248 g/mol. The van der Waals surface area contributed by atoms with Crippen LogP contribution in [0, 0.1) is 13.8 Å². The van der Waals surface area contributed by atoms with Gasteiger partial charge in [-0.2, -0.15) is 0 Å². The number of aryl methyl sites for hydroxylation is 2. The SMILES string of the molecule is Cc1ccc(CC(O)CN2CCNCC2)cc1C. The summed E-state index contributed by atoms with van der Waals surface area (Å²) in [4.78, 5) is 2.34. The summed E-state index contributed by atoms with van der Waals surface area (Å²) in [6, 6.07) is 6.46.